The average molecular weight is 281 g/mol. The fourth-order valence-corrected chi connectivity index (χ4v) is 2.06. The first kappa shape index (κ1) is 16.6. The van der Waals surface area contributed by atoms with Gasteiger partial charge in [0, 0.05) is 6.54 Å². The quantitative estimate of drug-likeness (QED) is 0.769. The molecule has 0 fully saturated rings. The lowest BCUT2D eigenvalue weighted by Gasteiger charge is -2.24. The van der Waals surface area contributed by atoms with Crippen LogP contribution in [0.5, 0.6) is 0 Å². The Morgan fingerprint density at radius 3 is 2.55 bits per heavy atom. The van der Waals surface area contributed by atoms with Crippen molar-refractivity contribution in [2.24, 2.45) is 0 Å². The standard InChI is InChI=1S/C15H24FN3O/c1-18(2)10-6-9-17-15(20)14(19(3)4)12-7-5-8-13(16)11-12/h5,7-8,11,14H,6,9-10H2,1-4H3,(H,17,20)/t14-/m0/s1. The van der Waals surface area contributed by atoms with Crippen molar-refractivity contribution in [1.82, 2.24) is 15.1 Å². The molecule has 1 amide bonds. The van der Waals surface area contributed by atoms with E-state index in [1.54, 1.807) is 17.0 Å². The smallest absolute Gasteiger partial charge is 0.241 e. The van der Waals surface area contributed by atoms with E-state index in [1.165, 1.54) is 12.1 Å². The van der Waals surface area contributed by atoms with Gasteiger partial charge in [-0.25, -0.2) is 4.39 Å². The summed E-state index contributed by atoms with van der Waals surface area (Å²) in [6.07, 6.45) is 0.891. The molecule has 4 nitrogen and oxygen atoms in total. The number of rotatable bonds is 7. The molecule has 0 aromatic heterocycles. The Labute approximate surface area is 120 Å². The lowest BCUT2D eigenvalue weighted by Crippen LogP contribution is -2.38. The number of amides is 1. The Bertz CT molecular complexity index is 435. The third kappa shape index (κ3) is 5.27. The van der Waals surface area contributed by atoms with Gasteiger partial charge in [0.05, 0.1) is 0 Å². The van der Waals surface area contributed by atoms with Crippen molar-refractivity contribution in [2.75, 3.05) is 41.3 Å². The molecule has 0 saturated heterocycles. The Morgan fingerprint density at radius 1 is 1.30 bits per heavy atom. The summed E-state index contributed by atoms with van der Waals surface area (Å²) >= 11 is 0. The third-order valence-corrected chi connectivity index (χ3v) is 3.01. The predicted octanol–water partition coefficient (Wildman–Crippen LogP) is 1.50. The number of hydrogen-bond donors (Lipinski definition) is 1. The predicted molar refractivity (Wildman–Crippen MR) is 79.0 cm³/mol. The second kappa shape index (κ2) is 7.97. The van der Waals surface area contributed by atoms with Gasteiger partial charge in [0.15, 0.2) is 0 Å². The molecule has 1 rings (SSSR count). The molecule has 1 atom stereocenters. The largest absolute Gasteiger partial charge is 0.354 e. The lowest BCUT2D eigenvalue weighted by atomic mass is 10.1. The fraction of sp³-hybridized carbons (Fsp3) is 0.533. The molecule has 1 N–H and O–H groups in total. The summed E-state index contributed by atoms with van der Waals surface area (Å²) in [7, 11) is 7.62. The van der Waals surface area contributed by atoms with Crippen molar-refractivity contribution in [1.29, 1.82) is 0 Å². The maximum Gasteiger partial charge on any atom is 0.241 e. The van der Waals surface area contributed by atoms with Crippen LogP contribution in [0, 0.1) is 5.82 Å². The van der Waals surface area contributed by atoms with Crippen LogP contribution in [0.2, 0.25) is 0 Å². The molecule has 0 heterocycles. The van der Waals surface area contributed by atoms with Crippen molar-refractivity contribution in [2.45, 2.75) is 12.5 Å². The van der Waals surface area contributed by atoms with Crippen LogP contribution < -0.4 is 5.32 Å². The van der Waals surface area contributed by atoms with Crippen molar-refractivity contribution in [3.8, 4) is 0 Å². The van der Waals surface area contributed by atoms with Gasteiger partial charge in [0.25, 0.3) is 0 Å². The van der Waals surface area contributed by atoms with Gasteiger partial charge in [-0.05, 0) is 58.9 Å². The topological polar surface area (TPSA) is 35.6 Å². The van der Waals surface area contributed by atoms with Crippen molar-refractivity contribution in [3.63, 3.8) is 0 Å². The zero-order valence-corrected chi connectivity index (χ0v) is 12.7. The van der Waals surface area contributed by atoms with E-state index in [-0.39, 0.29) is 11.7 Å². The maximum atomic E-state index is 13.3. The van der Waals surface area contributed by atoms with Gasteiger partial charge in [-0.15, -0.1) is 0 Å². The zero-order chi connectivity index (χ0) is 15.1. The summed E-state index contributed by atoms with van der Waals surface area (Å²) in [5.74, 6) is -0.422. The molecular formula is C15H24FN3O. The van der Waals surface area contributed by atoms with Crippen LogP contribution in [-0.2, 0) is 4.79 Å². The highest BCUT2D eigenvalue weighted by molar-refractivity contribution is 5.83. The first-order valence-electron chi connectivity index (χ1n) is 6.76. The average Bonchev–Trinajstić information content (AvgIpc) is 2.34. The van der Waals surface area contributed by atoms with Crippen molar-refractivity contribution >= 4 is 5.91 Å². The summed E-state index contributed by atoms with van der Waals surface area (Å²) in [6, 6.07) is 5.72. The second-order valence-corrected chi connectivity index (χ2v) is 5.37. The highest BCUT2D eigenvalue weighted by Crippen LogP contribution is 2.19. The van der Waals surface area contributed by atoms with Gasteiger partial charge in [-0.3, -0.25) is 9.69 Å². The van der Waals surface area contributed by atoms with E-state index in [2.05, 4.69) is 10.2 Å². The van der Waals surface area contributed by atoms with Crippen LogP contribution >= 0.6 is 0 Å². The molecule has 0 aliphatic rings. The third-order valence-electron chi connectivity index (χ3n) is 3.01. The second-order valence-electron chi connectivity index (χ2n) is 5.37. The Morgan fingerprint density at radius 2 is 2.00 bits per heavy atom. The summed E-state index contributed by atoms with van der Waals surface area (Å²) in [6.45, 7) is 1.55. The van der Waals surface area contributed by atoms with E-state index in [0.717, 1.165) is 13.0 Å². The molecular weight excluding hydrogens is 257 g/mol. The molecule has 0 radical (unpaired) electrons. The summed E-state index contributed by atoms with van der Waals surface area (Å²) in [5, 5.41) is 2.91. The number of carbonyl (C=O) groups excluding carboxylic acids is 1. The monoisotopic (exact) mass is 281 g/mol. The van der Waals surface area contributed by atoms with Gasteiger partial charge < -0.3 is 10.2 Å². The van der Waals surface area contributed by atoms with Crippen LogP contribution in [0.4, 0.5) is 4.39 Å². The molecule has 0 aliphatic carbocycles. The number of halogens is 1. The van der Waals surface area contributed by atoms with E-state index in [0.29, 0.717) is 12.1 Å². The number of nitrogens with zero attached hydrogens (tertiary/aromatic N) is 2. The first-order chi connectivity index (χ1) is 9.41. The maximum absolute atomic E-state index is 13.3. The highest BCUT2D eigenvalue weighted by Gasteiger charge is 2.22. The van der Waals surface area contributed by atoms with Crippen molar-refractivity contribution < 1.29 is 9.18 Å². The number of benzene rings is 1. The Kier molecular flexibility index (Phi) is 6.61. The Balaban J connectivity index is 2.64. The van der Waals surface area contributed by atoms with E-state index >= 15 is 0 Å². The van der Waals surface area contributed by atoms with Crippen LogP contribution in [0.1, 0.15) is 18.0 Å². The van der Waals surface area contributed by atoms with Crippen LogP contribution in [-0.4, -0.2) is 57.0 Å². The molecule has 5 heteroatoms. The SMILES string of the molecule is CN(C)CCCNC(=O)[C@H](c1cccc(F)c1)N(C)C. The van der Waals surface area contributed by atoms with E-state index in [1.807, 2.05) is 28.2 Å². The fourth-order valence-electron chi connectivity index (χ4n) is 2.06. The van der Waals surface area contributed by atoms with Gasteiger partial charge in [0.2, 0.25) is 5.91 Å². The first-order valence-corrected chi connectivity index (χ1v) is 6.76. The van der Waals surface area contributed by atoms with Crippen molar-refractivity contribution in [3.05, 3.63) is 35.6 Å². The number of carbonyl (C=O) groups is 1. The molecule has 0 aliphatic heterocycles. The Hall–Kier alpha value is -1.46. The number of likely N-dealkylation sites (N-methyl/N-ethyl adjacent to an activating group) is 1. The molecule has 1 aromatic rings. The summed E-state index contributed by atoms with van der Waals surface area (Å²) < 4.78 is 13.3. The lowest BCUT2D eigenvalue weighted by molar-refractivity contribution is -0.125. The summed E-state index contributed by atoms with van der Waals surface area (Å²) in [5.41, 5.74) is 0.667. The molecule has 0 saturated carbocycles. The molecule has 20 heavy (non-hydrogen) atoms. The van der Waals surface area contributed by atoms with Gasteiger partial charge in [-0.1, -0.05) is 12.1 Å². The van der Waals surface area contributed by atoms with E-state index in [9.17, 15) is 9.18 Å². The molecule has 112 valence electrons. The van der Waals surface area contributed by atoms with Crippen LogP contribution in [0.3, 0.4) is 0 Å². The zero-order valence-electron chi connectivity index (χ0n) is 12.7. The van der Waals surface area contributed by atoms with Crippen LogP contribution in [0.15, 0.2) is 24.3 Å². The van der Waals surface area contributed by atoms with E-state index in [4.69, 9.17) is 0 Å². The minimum Gasteiger partial charge on any atom is -0.354 e. The van der Waals surface area contributed by atoms with E-state index < -0.39 is 6.04 Å². The number of hydrogen-bond acceptors (Lipinski definition) is 3. The molecule has 0 unspecified atom stereocenters. The minimum atomic E-state index is -0.468. The summed E-state index contributed by atoms with van der Waals surface area (Å²) in [4.78, 5) is 16.1. The highest BCUT2D eigenvalue weighted by atomic mass is 19.1. The molecule has 1 aromatic carbocycles. The van der Waals surface area contributed by atoms with Gasteiger partial charge in [-0.2, -0.15) is 0 Å². The minimum absolute atomic E-state index is 0.0978. The van der Waals surface area contributed by atoms with Crippen LogP contribution in [0.25, 0.3) is 0 Å². The van der Waals surface area contributed by atoms with Gasteiger partial charge in [0.1, 0.15) is 11.9 Å². The van der Waals surface area contributed by atoms with Gasteiger partial charge >= 0.3 is 0 Å². The normalized spacial score (nSPS) is 12.8. The molecule has 0 bridgehead atoms. The molecule has 0 spiro atoms. The number of nitrogens with one attached hydrogen (secondary N) is 1.